The lowest BCUT2D eigenvalue weighted by Crippen LogP contribution is -2.38. The predicted octanol–water partition coefficient (Wildman–Crippen LogP) is 2.68. The molecule has 1 aliphatic rings. The molecule has 3 rings (SSSR count). The van der Waals surface area contributed by atoms with Gasteiger partial charge in [0.25, 0.3) is 5.91 Å². The molecule has 0 unspecified atom stereocenters. The van der Waals surface area contributed by atoms with E-state index in [1.807, 2.05) is 25.1 Å². The van der Waals surface area contributed by atoms with Crippen molar-refractivity contribution >= 4 is 23.4 Å². The molecule has 0 fully saturated rings. The zero-order valence-corrected chi connectivity index (χ0v) is 14.3. The Labute approximate surface area is 150 Å². The molecule has 6 nitrogen and oxygen atoms in total. The van der Waals surface area contributed by atoms with Gasteiger partial charge < -0.3 is 20.1 Å². The Balaban J connectivity index is 1.53. The van der Waals surface area contributed by atoms with Crippen molar-refractivity contribution in [1.82, 2.24) is 10.6 Å². The van der Waals surface area contributed by atoms with Gasteiger partial charge in [0.05, 0.1) is 12.6 Å². The molecular weight excluding hydrogens is 344 g/mol. The third-order valence-corrected chi connectivity index (χ3v) is 4.14. The lowest BCUT2D eigenvalue weighted by atomic mass is 10.1. The number of fused-ring (bicyclic) bond motifs is 1. The lowest BCUT2D eigenvalue weighted by molar-refractivity contribution is -0.120. The summed E-state index contributed by atoms with van der Waals surface area (Å²) in [6.45, 7) is 1.84. The minimum Gasteiger partial charge on any atom is -0.454 e. The van der Waals surface area contributed by atoms with E-state index >= 15 is 0 Å². The summed E-state index contributed by atoms with van der Waals surface area (Å²) in [5.41, 5.74) is 1.22. The van der Waals surface area contributed by atoms with E-state index in [-0.39, 0.29) is 31.2 Å². The van der Waals surface area contributed by atoms with Crippen LogP contribution in [0, 0.1) is 0 Å². The Bertz CT molecular complexity index is 809. The summed E-state index contributed by atoms with van der Waals surface area (Å²) in [6.07, 6.45) is 0. The normalized spacial score (nSPS) is 13.2. The van der Waals surface area contributed by atoms with E-state index in [2.05, 4.69) is 10.6 Å². The van der Waals surface area contributed by atoms with Crippen LogP contribution in [-0.2, 0) is 4.79 Å². The maximum absolute atomic E-state index is 12.2. The fourth-order valence-electron chi connectivity index (χ4n) is 2.50. The molecular formula is C18H17ClN2O4. The van der Waals surface area contributed by atoms with Crippen LogP contribution in [0.4, 0.5) is 0 Å². The molecule has 0 aliphatic carbocycles. The monoisotopic (exact) mass is 360 g/mol. The molecule has 0 aromatic heterocycles. The Morgan fingerprint density at radius 2 is 1.92 bits per heavy atom. The molecule has 1 aliphatic heterocycles. The molecule has 1 heterocycles. The van der Waals surface area contributed by atoms with E-state index in [4.69, 9.17) is 21.1 Å². The van der Waals surface area contributed by atoms with Crippen LogP contribution in [0.15, 0.2) is 42.5 Å². The first-order valence-electron chi connectivity index (χ1n) is 7.76. The Morgan fingerprint density at radius 3 is 2.72 bits per heavy atom. The third kappa shape index (κ3) is 4.03. The summed E-state index contributed by atoms with van der Waals surface area (Å²) in [4.78, 5) is 24.2. The third-order valence-electron chi connectivity index (χ3n) is 3.79. The van der Waals surface area contributed by atoms with E-state index in [9.17, 15) is 9.59 Å². The number of hydrogen-bond donors (Lipinski definition) is 2. The molecule has 130 valence electrons. The smallest absolute Gasteiger partial charge is 0.251 e. The lowest BCUT2D eigenvalue weighted by Gasteiger charge is -2.16. The topological polar surface area (TPSA) is 76.7 Å². The molecule has 1 atom stereocenters. The molecule has 7 heteroatoms. The second kappa shape index (κ2) is 7.44. The standard InChI is InChI=1S/C18H17ClN2O4/c1-11(13-4-2-3-5-14(13)19)21-17(22)9-20-18(23)12-6-7-15-16(8-12)25-10-24-15/h2-8,11H,9-10H2,1H3,(H,20,23)(H,21,22)/t11-/m0/s1. The summed E-state index contributed by atoms with van der Waals surface area (Å²) in [7, 11) is 0. The number of ether oxygens (including phenoxy) is 2. The minimum absolute atomic E-state index is 0.137. The van der Waals surface area contributed by atoms with E-state index in [1.165, 1.54) is 0 Å². The fraction of sp³-hybridized carbons (Fsp3) is 0.222. The molecule has 2 aromatic rings. The maximum atomic E-state index is 12.2. The number of amides is 2. The van der Waals surface area contributed by atoms with Crippen LogP contribution in [0.25, 0.3) is 0 Å². The van der Waals surface area contributed by atoms with Gasteiger partial charge in [0, 0.05) is 10.6 Å². The van der Waals surface area contributed by atoms with Gasteiger partial charge in [-0.3, -0.25) is 9.59 Å². The van der Waals surface area contributed by atoms with Gasteiger partial charge in [-0.15, -0.1) is 0 Å². The Kier molecular flexibility index (Phi) is 5.09. The number of carbonyl (C=O) groups excluding carboxylic acids is 2. The molecule has 0 radical (unpaired) electrons. The number of carbonyl (C=O) groups is 2. The van der Waals surface area contributed by atoms with Gasteiger partial charge in [-0.05, 0) is 36.8 Å². The maximum Gasteiger partial charge on any atom is 0.251 e. The average molecular weight is 361 g/mol. The first kappa shape index (κ1) is 17.1. The van der Waals surface area contributed by atoms with Gasteiger partial charge in [0.1, 0.15) is 0 Å². The second-order valence-corrected chi connectivity index (χ2v) is 5.97. The number of nitrogens with one attached hydrogen (secondary N) is 2. The second-order valence-electron chi connectivity index (χ2n) is 5.56. The highest BCUT2D eigenvalue weighted by Gasteiger charge is 2.17. The van der Waals surface area contributed by atoms with Crippen LogP contribution in [0.2, 0.25) is 5.02 Å². The minimum atomic E-state index is -0.362. The summed E-state index contributed by atoms with van der Waals surface area (Å²) in [6, 6.07) is 11.9. The van der Waals surface area contributed by atoms with Crippen LogP contribution in [0.5, 0.6) is 11.5 Å². The number of hydrogen-bond acceptors (Lipinski definition) is 4. The van der Waals surface area contributed by atoms with E-state index in [0.717, 1.165) is 5.56 Å². The van der Waals surface area contributed by atoms with Crippen molar-refractivity contribution < 1.29 is 19.1 Å². The Morgan fingerprint density at radius 1 is 1.16 bits per heavy atom. The van der Waals surface area contributed by atoms with Gasteiger partial charge in [-0.2, -0.15) is 0 Å². The molecule has 0 bridgehead atoms. The molecule has 2 aromatic carbocycles. The van der Waals surface area contributed by atoms with E-state index < -0.39 is 0 Å². The van der Waals surface area contributed by atoms with Crippen molar-refractivity contribution in [2.45, 2.75) is 13.0 Å². The number of halogens is 1. The largest absolute Gasteiger partial charge is 0.454 e. The molecule has 2 N–H and O–H groups in total. The molecule has 0 spiro atoms. The summed E-state index contributed by atoms with van der Waals surface area (Å²) >= 11 is 6.11. The van der Waals surface area contributed by atoms with Gasteiger partial charge >= 0.3 is 0 Å². The predicted molar refractivity (Wildman–Crippen MR) is 92.9 cm³/mol. The van der Waals surface area contributed by atoms with Crippen LogP contribution in [0.1, 0.15) is 28.9 Å². The zero-order valence-electron chi connectivity index (χ0n) is 13.5. The van der Waals surface area contributed by atoms with Crippen molar-refractivity contribution in [3.63, 3.8) is 0 Å². The van der Waals surface area contributed by atoms with Gasteiger partial charge in [0.15, 0.2) is 11.5 Å². The van der Waals surface area contributed by atoms with Crippen molar-refractivity contribution in [1.29, 1.82) is 0 Å². The Hall–Kier alpha value is -2.73. The van der Waals surface area contributed by atoms with Gasteiger partial charge in [-0.25, -0.2) is 0 Å². The van der Waals surface area contributed by atoms with Crippen LogP contribution in [0.3, 0.4) is 0 Å². The van der Waals surface area contributed by atoms with Gasteiger partial charge in [-0.1, -0.05) is 29.8 Å². The highest BCUT2D eigenvalue weighted by atomic mass is 35.5. The summed E-state index contributed by atoms with van der Waals surface area (Å²) < 4.78 is 10.4. The first-order valence-corrected chi connectivity index (χ1v) is 8.14. The van der Waals surface area contributed by atoms with Crippen molar-refractivity contribution in [3.8, 4) is 11.5 Å². The van der Waals surface area contributed by atoms with E-state index in [0.29, 0.717) is 22.1 Å². The van der Waals surface area contributed by atoms with Crippen LogP contribution >= 0.6 is 11.6 Å². The summed E-state index contributed by atoms with van der Waals surface area (Å²) in [5, 5.41) is 5.97. The average Bonchev–Trinajstić information content (AvgIpc) is 3.07. The SMILES string of the molecule is C[C@H](NC(=O)CNC(=O)c1ccc2c(c1)OCO2)c1ccccc1Cl. The first-order chi connectivity index (χ1) is 12.0. The van der Waals surface area contributed by atoms with E-state index in [1.54, 1.807) is 24.3 Å². The molecule has 0 saturated heterocycles. The number of rotatable bonds is 5. The van der Waals surface area contributed by atoms with Crippen LogP contribution < -0.4 is 20.1 Å². The fourth-order valence-corrected chi connectivity index (χ4v) is 2.80. The van der Waals surface area contributed by atoms with Crippen molar-refractivity contribution in [3.05, 3.63) is 58.6 Å². The highest BCUT2D eigenvalue weighted by molar-refractivity contribution is 6.31. The molecule has 25 heavy (non-hydrogen) atoms. The van der Waals surface area contributed by atoms with Crippen molar-refractivity contribution in [2.24, 2.45) is 0 Å². The molecule has 0 saturated carbocycles. The molecule has 2 amide bonds. The highest BCUT2D eigenvalue weighted by Crippen LogP contribution is 2.32. The zero-order chi connectivity index (χ0) is 17.8. The van der Waals surface area contributed by atoms with Gasteiger partial charge in [0.2, 0.25) is 12.7 Å². The quantitative estimate of drug-likeness (QED) is 0.859. The van der Waals surface area contributed by atoms with Crippen molar-refractivity contribution in [2.75, 3.05) is 13.3 Å². The van der Waals surface area contributed by atoms with Crippen LogP contribution in [-0.4, -0.2) is 25.2 Å². The number of benzene rings is 2. The summed E-state index contributed by atoms with van der Waals surface area (Å²) in [5.74, 6) is 0.452.